The minimum absolute atomic E-state index is 0.0706. The molecule has 0 aliphatic carbocycles. The highest BCUT2D eigenvalue weighted by molar-refractivity contribution is 7.10. The number of nitrogens with zero attached hydrogens (tertiary/aromatic N) is 3. The molecule has 0 bridgehead atoms. The summed E-state index contributed by atoms with van der Waals surface area (Å²) < 4.78 is 0. The Morgan fingerprint density at radius 2 is 2.36 bits per heavy atom. The third-order valence-corrected chi connectivity index (χ3v) is 4.81. The van der Waals surface area contributed by atoms with Gasteiger partial charge >= 0.3 is 0 Å². The SMILES string of the molecule is CNc1cc(C2CCCN2C(=O)Cc2cccs2)nc(C)n1. The first-order chi connectivity index (χ1) is 10.7. The van der Waals surface area contributed by atoms with Crippen LogP contribution in [0.2, 0.25) is 0 Å². The van der Waals surface area contributed by atoms with Crippen molar-refractivity contribution in [2.75, 3.05) is 18.9 Å². The maximum atomic E-state index is 12.6. The standard InChI is InChI=1S/C16H20N4OS/c1-11-18-13(10-15(17-2)19-11)14-6-3-7-20(14)16(21)9-12-5-4-8-22-12/h4-5,8,10,14H,3,6-7,9H2,1-2H3,(H,17,18,19). The second-order valence-electron chi connectivity index (χ2n) is 5.48. The third-order valence-electron chi connectivity index (χ3n) is 3.93. The summed E-state index contributed by atoms with van der Waals surface area (Å²) in [4.78, 5) is 24.6. The number of carbonyl (C=O) groups excluding carboxylic acids is 1. The van der Waals surface area contributed by atoms with Crippen LogP contribution in [0.1, 0.15) is 35.3 Å². The number of likely N-dealkylation sites (tertiary alicyclic amines) is 1. The van der Waals surface area contributed by atoms with Crippen LogP contribution in [0.3, 0.4) is 0 Å². The molecule has 0 aromatic carbocycles. The molecule has 2 aromatic rings. The van der Waals surface area contributed by atoms with Crippen LogP contribution in [0.15, 0.2) is 23.6 Å². The molecule has 5 nitrogen and oxygen atoms in total. The van der Waals surface area contributed by atoms with Crippen LogP contribution in [0.25, 0.3) is 0 Å². The predicted octanol–water partition coefficient (Wildman–Crippen LogP) is 2.79. The van der Waals surface area contributed by atoms with E-state index in [9.17, 15) is 4.79 Å². The zero-order valence-electron chi connectivity index (χ0n) is 12.9. The Kier molecular flexibility index (Phi) is 4.38. The summed E-state index contributed by atoms with van der Waals surface area (Å²) in [7, 11) is 1.85. The Bertz CT molecular complexity index is 656. The molecule has 1 aliphatic heterocycles. The number of hydrogen-bond acceptors (Lipinski definition) is 5. The number of hydrogen-bond donors (Lipinski definition) is 1. The summed E-state index contributed by atoms with van der Waals surface area (Å²) in [5, 5.41) is 5.07. The van der Waals surface area contributed by atoms with E-state index >= 15 is 0 Å². The van der Waals surface area contributed by atoms with E-state index in [1.54, 1.807) is 11.3 Å². The lowest BCUT2D eigenvalue weighted by Gasteiger charge is -2.24. The minimum Gasteiger partial charge on any atom is -0.373 e. The Morgan fingerprint density at radius 1 is 1.50 bits per heavy atom. The van der Waals surface area contributed by atoms with Crippen molar-refractivity contribution in [1.29, 1.82) is 0 Å². The molecule has 6 heteroatoms. The van der Waals surface area contributed by atoms with Crippen molar-refractivity contribution in [3.8, 4) is 0 Å². The fourth-order valence-electron chi connectivity index (χ4n) is 2.93. The smallest absolute Gasteiger partial charge is 0.228 e. The van der Waals surface area contributed by atoms with Crippen LogP contribution in [-0.2, 0) is 11.2 Å². The highest BCUT2D eigenvalue weighted by Crippen LogP contribution is 2.32. The molecular weight excluding hydrogens is 296 g/mol. The molecular formula is C16H20N4OS. The van der Waals surface area contributed by atoms with Gasteiger partial charge in [0.25, 0.3) is 0 Å². The van der Waals surface area contributed by atoms with E-state index in [0.29, 0.717) is 6.42 Å². The number of aromatic nitrogens is 2. The molecule has 1 amide bonds. The van der Waals surface area contributed by atoms with Gasteiger partial charge in [0.05, 0.1) is 18.2 Å². The van der Waals surface area contributed by atoms with E-state index in [4.69, 9.17) is 0 Å². The maximum absolute atomic E-state index is 12.6. The number of anilines is 1. The van der Waals surface area contributed by atoms with Gasteiger partial charge in [0.15, 0.2) is 0 Å². The molecule has 2 aromatic heterocycles. The minimum atomic E-state index is 0.0706. The van der Waals surface area contributed by atoms with Crippen LogP contribution < -0.4 is 5.32 Å². The molecule has 116 valence electrons. The second-order valence-corrected chi connectivity index (χ2v) is 6.51. The van der Waals surface area contributed by atoms with Crippen LogP contribution in [0.4, 0.5) is 5.82 Å². The Hall–Kier alpha value is -1.95. The van der Waals surface area contributed by atoms with Crippen molar-refractivity contribution in [1.82, 2.24) is 14.9 Å². The molecule has 1 saturated heterocycles. The van der Waals surface area contributed by atoms with Gasteiger partial charge < -0.3 is 10.2 Å². The molecule has 0 radical (unpaired) electrons. The van der Waals surface area contributed by atoms with Crippen molar-refractivity contribution < 1.29 is 4.79 Å². The molecule has 1 aliphatic rings. The first-order valence-corrected chi connectivity index (χ1v) is 8.40. The van der Waals surface area contributed by atoms with Gasteiger partial charge in [-0.05, 0) is 31.2 Å². The number of rotatable bonds is 4. The van der Waals surface area contributed by atoms with Gasteiger partial charge in [0.2, 0.25) is 5.91 Å². The number of nitrogens with one attached hydrogen (secondary N) is 1. The summed E-state index contributed by atoms with van der Waals surface area (Å²) in [6.07, 6.45) is 2.48. The van der Waals surface area contributed by atoms with Crippen LogP contribution in [-0.4, -0.2) is 34.4 Å². The van der Waals surface area contributed by atoms with Gasteiger partial charge in [-0.25, -0.2) is 9.97 Å². The molecule has 3 heterocycles. The predicted molar refractivity (Wildman–Crippen MR) is 88.0 cm³/mol. The zero-order valence-corrected chi connectivity index (χ0v) is 13.7. The molecule has 1 N–H and O–H groups in total. The maximum Gasteiger partial charge on any atom is 0.228 e. The Morgan fingerprint density at radius 3 is 3.09 bits per heavy atom. The van der Waals surface area contributed by atoms with Gasteiger partial charge in [0.1, 0.15) is 11.6 Å². The summed E-state index contributed by atoms with van der Waals surface area (Å²) in [5.74, 6) is 1.73. The molecule has 22 heavy (non-hydrogen) atoms. The number of thiophene rings is 1. The topological polar surface area (TPSA) is 58.1 Å². The third kappa shape index (κ3) is 3.11. The lowest BCUT2D eigenvalue weighted by molar-refractivity contribution is -0.131. The van der Waals surface area contributed by atoms with E-state index < -0.39 is 0 Å². The quantitative estimate of drug-likeness (QED) is 0.942. The first-order valence-electron chi connectivity index (χ1n) is 7.52. The Balaban J connectivity index is 1.80. The van der Waals surface area contributed by atoms with Gasteiger partial charge in [0, 0.05) is 24.5 Å². The van der Waals surface area contributed by atoms with Gasteiger partial charge in [-0.15, -0.1) is 11.3 Å². The van der Waals surface area contributed by atoms with Crippen molar-refractivity contribution in [3.63, 3.8) is 0 Å². The largest absolute Gasteiger partial charge is 0.373 e. The average molecular weight is 316 g/mol. The first kappa shape index (κ1) is 15.0. The van der Waals surface area contributed by atoms with E-state index in [2.05, 4.69) is 15.3 Å². The lowest BCUT2D eigenvalue weighted by Crippen LogP contribution is -2.32. The fraction of sp³-hybridized carbons (Fsp3) is 0.438. The number of carbonyl (C=O) groups is 1. The van der Waals surface area contributed by atoms with Crippen LogP contribution in [0, 0.1) is 6.92 Å². The van der Waals surface area contributed by atoms with Gasteiger partial charge in [-0.2, -0.15) is 0 Å². The molecule has 0 spiro atoms. The highest BCUT2D eigenvalue weighted by Gasteiger charge is 2.31. The van der Waals surface area contributed by atoms with E-state index in [-0.39, 0.29) is 11.9 Å². The molecule has 1 unspecified atom stereocenters. The van der Waals surface area contributed by atoms with Crippen molar-refractivity contribution in [3.05, 3.63) is 40.0 Å². The highest BCUT2D eigenvalue weighted by atomic mass is 32.1. The summed E-state index contributed by atoms with van der Waals surface area (Å²) in [5.41, 5.74) is 0.939. The zero-order chi connectivity index (χ0) is 15.5. The van der Waals surface area contributed by atoms with Gasteiger partial charge in [-0.1, -0.05) is 6.07 Å². The summed E-state index contributed by atoms with van der Waals surface area (Å²) >= 11 is 1.63. The Labute approximate surface area is 134 Å². The number of amides is 1. The fourth-order valence-corrected chi connectivity index (χ4v) is 3.62. The van der Waals surface area contributed by atoms with Crippen molar-refractivity contribution in [2.24, 2.45) is 0 Å². The van der Waals surface area contributed by atoms with E-state index in [1.807, 2.05) is 42.5 Å². The summed E-state index contributed by atoms with van der Waals surface area (Å²) in [6, 6.07) is 6.03. The normalized spacial score (nSPS) is 17.7. The van der Waals surface area contributed by atoms with Crippen molar-refractivity contribution >= 4 is 23.1 Å². The van der Waals surface area contributed by atoms with Crippen LogP contribution >= 0.6 is 11.3 Å². The monoisotopic (exact) mass is 316 g/mol. The number of aryl methyl sites for hydroxylation is 1. The molecule has 3 rings (SSSR count). The van der Waals surface area contributed by atoms with Gasteiger partial charge in [-0.3, -0.25) is 4.79 Å². The van der Waals surface area contributed by atoms with Crippen molar-refractivity contribution in [2.45, 2.75) is 32.2 Å². The molecule has 1 fully saturated rings. The molecule has 0 saturated carbocycles. The second kappa shape index (κ2) is 6.44. The van der Waals surface area contributed by atoms with E-state index in [0.717, 1.165) is 41.6 Å². The average Bonchev–Trinajstić information content (AvgIpc) is 3.17. The van der Waals surface area contributed by atoms with E-state index in [1.165, 1.54) is 0 Å². The molecule has 1 atom stereocenters. The van der Waals surface area contributed by atoms with Crippen LogP contribution in [0.5, 0.6) is 0 Å². The lowest BCUT2D eigenvalue weighted by atomic mass is 10.1. The summed E-state index contributed by atoms with van der Waals surface area (Å²) in [6.45, 7) is 2.70.